The molecule has 0 unspecified atom stereocenters. The van der Waals surface area contributed by atoms with Gasteiger partial charge in [0.15, 0.2) is 0 Å². The minimum atomic E-state index is -4.82. The van der Waals surface area contributed by atoms with Crippen LogP contribution in [-0.4, -0.2) is 32.7 Å². The quantitative estimate of drug-likeness (QED) is 0.519. The standard InChI is InChI=1S/C21H16F3N3O4/c1-30-18-10-13(16-4-2-3-5-17(16)25-18)11-26-12-19(28)27(20(26)29)14-6-8-15(9-7-14)31-21(22,23)24/h2-10,12,28H,11H2,1H3. The molecule has 4 rings (SSSR count). The average Bonchev–Trinajstić information content (AvgIpc) is 3.00. The maximum absolute atomic E-state index is 12.9. The lowest BCUT2D eigenvalue weighted by Crippen LogP contribution is -2.23. The molecule has 31 heavy (non-hydrogen) atoms. The highest BCUT2D eigenvalue weighted by Gasteiger charge is 2.31. The van der Waals surface area contributed by atoms with Gasteiger partial charge in [0.05, 0.1) is 31.1 Å². The third kappa shape index (κ3) is 4.18. The van der Waals surface area contributed by atoms with Crippen molar-refractivity contribution in [1.82, 2.24) is 14.1 Å². The molecule has 0 amide bonds. The zero-order chi connectivity index (χ0) is 22.2. The molecule has 2 heterocycles. The highest BCUT2D eigenvalue weighted by Crippen LogP contribution is 2.26. The van der Waals surface area contributed by atoms with E-state index in [-0.39, 0.29) is 18.1 Å². The van der Waals surface area contributed by atoms with E-state index >= 15 is 0 Å². The summed E-state index contributed by atoms with van der Waals surface area (Å²) in [7, 11) is 1.49. The normalized spacial score (nSPS) is 11.6. The second kappa shape index (κ2) is 7.71. The molecule has 0 saturated heterocycles. The van der Waals surface area contributed by atoms with Crippen LogP contribution in [0.5, 0.6) is 17.5 Å². The van der Waals surface area contributed by atoms with Crippen molar-refractivity contribution in [3.63, 3.8) is 0 Å². The number of hydrogen-bond donors (Lipinski definition) is 1. The molecule has 0 radical (unpaired) electrons. The van der Waals surface area contributed by atoms with Gasteiger partial charge in [-0.15, -0.1) is 13.2 Å². The molecule has 7 nitrogen and oxygen atoms in total. The van der Waals surface area contributed by atoms with Gasteiger partial charge in [-0.3, -0.25) is 4.57 Å². The third-order valence-corrected chi connectivity index (χ3v) is 4.59. The molecule has 0 bridgehead atoms. The van der Waals surface area contributed by atoms with Crippen molar-refractivity contribution in [2.24, 2.45) is 0 Å². The van der Waals surface area contributed by atoms with Gasteiger partial charge in [-0.25, -0.2) is 14.3 Å². The van der Waals surface area contributed by atoms with Gasteiger partial charge >= 0.3 is 12.1 Å². The minimum absolute atomic E-state index is 0.119. The Morgan fingerprint density at radius 3 is 2.48 bits per heavy atom. The van der Waals surface area contributed by atoms with Crippen LogP contribution < -0.4 is 15.2 Å². The number of alkyl halides is 3. The van der Waals surface area contributed by atoms with Gasteiger partial charge in [0, 0.05) is 11.5 Å². The first-order valence-electron chi connectivity index (χ1n) is 9.05. The topological polar surface area (TPSA) is 78.5 Å². The zero-order valence-electron chi connectivity index (χ0n) is 16.1. The maximum Gasteiger partial charge on any atom is 0.573 e. The molecule has 0 aliphatic carbocycles. The molecule has 0 fully saturated rings. The second-order valence-electron chi connectivity index (χ2n) is 6.62. The molecule has 0 aliphatic heterocycles. The van der Waals surface area contributed by atoms with E-state index < -0.39 is 17.8 Å². The van der Waals surface area contributed by atoms with Gasteiger partial charge in [-0.1, -0.05) is 18.2 Å². The van der Waals surface area contributed by atoms with Crippen LogP contribution in [0.25, 0.3) is 16.6 Å². The Morgan fingerprint density at radius 1 is 1.10 bits per heavy atom. The fourth-order valence-corrected chi connectivity index (χ4v) is 3.27. The number of methoxy groups -OCH3 is 1. The molecular weight excluding hydrogens is 415 g/mol. The molecule has 160 valence electrons. The summed E-state index contributed by atoms with van der Waals surface area (Å²) in [6, 6.07) is 13.7. The van der Waals surface area contributed by atoms with Crippen molar-refractivity contribution >= 4 is 10.9 Å². The van der Waals surface area contributed by atoms with Crippen LogP contribution in [0.3, 0.4) is 0 Å². The number of para-hydroxylation sites is 1. The van der Waals surface area contributed by atoms with Crippen molar-refractivity contribution in [1.29, 1.82) is 0 Å². The van der Waals surface area contributed by atoms with Crippen molar-refractivity contribution < 1.29 is 27.8 Å². The number of aromatic hydroxyl groups is 1. The molecule has 0 spiro atoms. The summed E-state index contributed by atoms with van der Waals surface area (Å²) in [5, 5.41) is 11.1. The predicted octanol–water partition coefficient (Wildman–Crippen LogP) is 3.85. The number of hydrogen-bond acceptors (Lipinski definition) is 5. The van der Waals surface area contributed by atoms with Gasteiger partial charge in [-0.05, 0) is 35.9 Å². The summed E-state index contributed by atoms with van der Waals surface area (Å²) in [5.74, 6) is -0.413. The van der Waals surface area contributed by atoms with Crippen molar-refractivity contribution in [2.45, 2.75) is 12.9 Å². The first-order chi connectivity index (χ1) is 14.7. The van der Waals surface area contributed by atoms with Gasteiger partial charge < -0.3 is 14.6 Å². The molecule has 0 aliphatic rings. The van der Waals surface area contributed by atoms with E-state index in [2.05, 4.69) is 9.72 Å². The lowest BCUT2D eigenvalue weighted by Gasteiger charge is -2.10. The summed E-state index contributed by atoms with van der Waals surface area (Å²) < 4.78 is 48.3. The van der Waals surface area contributed by atoms with E-state index in [0.717, 1.165) is 27.6 Å². The van der Waals surface area contributed by atoms with Gasteiger partial charge in [0.2, 0.25) is 11.8 Å². The van der Waals surface area contributed by atoms with E-state index in [1.54, 1.807) is 6.07 Å². The first-order valence-corrected chi connectivity index (χ1v) is 9.05. The second-order valence-corrected chi connectivity index (χ2v) is 6.62. The van der Waals surface area contributed by atoms with Crippen LogP contribution in [0, 0.1) is 0 Å². The van der Waals surface area contributed by atoms with Crippen LogP contribution in [0.4, 0.5) is 13.2 Å². The number of ether oxygens (including phenoxy) is 2. The Bertz CT molecular complexity index is 1290. The van der Waals surface area contributed by atoms with Crippen LogP contribution in [0.2, 0.25) is 0 Å². The highest BCUT2D eigenvalue weighted by atomic mass is 19.4. The Hall–Kier alpha value is -3.95. The van der Waals surface area contributed by atoms with Crippen molar-refractivity contribution in [2.75, 3.05) is 7.11 Å². The smallest absolute Gasteiger partial charge is 0.493 e. The number of fused-ring (bicyclic) bond motifs is 1. The summed E-state index contributed by atoms with van der Waals surface area (Å²) in [6.07, 6.45) is -3.57. The minimum Gasteiger partial charge on any atom is -0.493 e. The van der Waals surface area contributed by atoms with Crippen LogP contribution in [0.15, 0.2) is 65.6 Å². The lowest BCUT2D eigenvalue weighted by molar-refractivity contribution is -0.274. The number of aromatic nitrogens is 3. The van der Waals surface area contributed by atoms with Crippen molar-refractivity contribution in [3.8, 4) is 23.2 Å². The van der Waals surface area contributed by atoms with E-state index in [1.165, 1.54) is 30.0 Å². The third-order valence-electron chi connectivity index (χ3n) is 4.59. The fourth-order valence-electron chi connectivity index (χ4n) is 3.27. The summed E-state index contributed by atoms with van der Waals surface area (Å²) >= 11 is 0. The molecule has 0 saturated carbocycles. The monoisotopic (exact) mass is 431 g/mol. The number of imidazole rings is 1. The van der Waals surface area contributed by atoms with Gasteiger partial charge in [0.25, 0.3) is 0 Å². The molecular formula is C21H16F3N3O4. The Morgan fingerprint density at radius 2 is 1.81 bits per heavy atom. The maximum atomic E-state index is 12.9. The average molecular weight is 431 g/mol. The Labute approximate surface area is 173 Å². The number of pyridine rings is 1. The number of rotatable bonds is 5. The largest absolute Gasteiger partial charge is 0.573 e. The lowest BCUT2D eigenvalue weighted by atomic mass is 10.1. The van der Waals surface area contributed by atoms with Crippen LogP contribution in [0.1, 0.15) is 5.56 Å². The first kappa shape index (κ1) is 20.3. The van der Waals surface area contributed by atoms with Gasteiger partial charge in [-0.2, -0.15) is 0 Å². The predicted molar refractivity (Wildman–Crippen MR) is 106 cm³/mol. The SMILES string of the molecule is COc1cc(Cn2cc(O)n(-c3ccc(OC(F)(F)F)cc3)c2=O)c2ccccc2n1. The Balaban J connectivity index is 1.70. The summed E-state index contributed by atoms with van der Waals surface area (Å²) in [6.45, 7) is 0.119. The zero-order valence-corrected chi connectivity index (χ0v) is 16.1. The highest BCUT2D eigenvalue weighted by molar-refractivity contribution is 5.82. The van der Waals surface area contributed by atoms with Crippen molar-refractivity contribution in [3.05, 3.63) is 76.8 Å². The van der Waals surface area contributed by atoms with Gasteiger partial charge in [0.1, 0.15) is 5.75 Å². The summed E-state index contributed by atoms with van der Waals surface area (Å²) in [4.78, 5) is 17.3. The molecule has 4 aromatic rings. The Kier molecular flexibility index (Phi) is 5.05. The van der Waals surface area contributed by atoms with E-state index in [9.17, 15) is 23.1 Å². The van der Waals surface area contributed by atoms with Crippen LogP contribution in [-0.2, 0) is 6.54 Å². The number of benzene rings is 2. The molecule has 2 aromatic heterocycles. The van der Waals surface area contributed by atoms with E-state index in [4.69, 9.17) is 4.74 Å². The summed E-state index contributed by atoms with van der Waals surface area (Å²) in [5.41, 5.74) is 1.05. The molecule has 1 N–H and O–H groups in total. The van der Waals surface area contributed by atoms with E-state index in [0.29, 0.717) is 11.4 Å². The molecule has 10 heteroatoms. The van der Waals surface area contributed by atoms with Crippen LogP contribution >= 0.6 is 0 Å². The number of halogens is 3. The van der Waals surface area contributed by atoms with E-state index in [1.807, 2.05) is 24.3 Å². The fraction of sp³-hybridized carbons (Fsp3) is 0.143. The molecule has 2 aromatic carbocycles. The number of nitrogens with zero attached hydrogens (tertiary/aromatic N) is 3. The molecule has 0 atom stereocenters.